The average Bonchev–Trinajstić information content (AvgIpc) is 2.77. The van der Waals surface area contributed by atoms with Crippen LogP contribution in [0.1, 0.15) is 11.9 Å². The van der Waals surface area contributed by atoms with Crippen LogP contribution in [0.15, 0.2) is 0 Å². The molecule has 1 rings (SSSR count). The summed E-state index contributed by atoms with van der Waals surface area (Å²) >= 11 is 1.35. The molecule has 1 heterocycles. The minimum absolute atomic E-state index is 0.305. The molecule has 7 heteroatoms. The van der Waals surface area contributed by atoms with Gasteiger partial charge in [-0.25, -0.2) is 0 Å². The Kier molecular flexibility index (Phi) is 5.55. The van der Waals surface area contributed by atoms with Crippen LogP contribution in [0.25, 0.3) is 0 Å². The van der Waals surface area contributed by atoms with E-state index in [9.17, 15) is 4.79 Å². The number of rotatable bonds is 7. The Morgan fingerprint density at radius 3 is 2.94 bits per heavy atom. The first-order valence-corrected chi connectivity index (χ1v) is 6.12. The highest BCUT2D eigenvalue weighted by Gasteiger charge is 2.18. The Bertz CT molecular complexity index is 441. The molecule has 0 aliphatic carbocycles. The number of aliphatic carboxylic acids is 1. The largest absolute Gasteiger partial charge is 0.481 e. The highest BCUT2D eigenvalue weighted by Crippen LogP contribution is 2.21. The van der Waals surface area contributed by atoms with E-state index in [1.54, 1.807) is 18.9 Å². The molecule has 0 bridgehead atoms. The summed E-state index contributed by atoms with van der Waals surface area (Å²) in [6.07, 6.45) is 5.28. The molecule has 0 aromatic carbocycles. The van der Waals surface area contributed by atoms with Crippen LogP contribution in [0, 0.1) is 18.3 Å². The second-order valence-electron chi connectivity index (χ2n) is 3.74. The van der Waals surface area contributed by atoms with Crippen LogP contribution in [0.4, 0.5) is 5.13 Å². The molecule has 0 amide bonds. The fourth-order valence-electron chi connectivity index (χ4n) is 1.28. The van der Waals surface area contributed by atoms with Crippen molar-refractivity contribution in [1.29, 1.82) is 0 Å². The number of hydrogen-bond acceptors (Lipinski definition) is 6. The molecule has 98 valence electrons. The Labute approximate surface area is 110 Å². The first kappa shape index (κ1) is 14.4. The van der Waals surface area contributed by atoms with Gasteiger partial charge in [-0.05, 0) is 0 Å². The Morgan fingerprint density at radius 1 is 1.67 bits per heavy atom. The molecule has 0 aliphatic heterocycles. The number of methoxy groups -OCH3 is 1. The Balaban J connectivity index is 2.77. The molecule has 0 aliphatic rings. The van der Waals surface area contributed by atoms with Crippen molar-refractivity contribution in [3.8, 4) is 12.3 Å². The molecule has 1 aromatic heterocycles. The zero-order valence-corrected chi connectivity index (χ0v) is 11.1. The summed E-state index contributed by atoms with van der Waals surface area (Å²) in [5, 5.41) is 18.2. The second-order valence-corrected chi connectivity index (χ2v) is 4.78. The molecular weight excluding hydrogens is 254 g/mol. The third-order valence-electron chi connectivity index (χ3n) is 2.19. The van der Waals surface area contributed by atoms with Crippen molar-refractivity contribution in [3.63, 3.8) is 0 Å². The number of aromatic nitrogens is 2. The van der Waals surface area contributed by atoms with Crippen LogP contribution in [0.5, 0.6) is 0 Å². The van der Waals surface area contributed by atoms with Gasteiger partial charge in [0.15, 0.2) is 0 Å². The zero-order chi connectivity index (χ0) is 13.5. The molecule has 6 nitrogen and oxygen atoms in total. The van der Waals surface area contributed by atoms with E-state index < -0.39 is 11.9 Å². The summed E-state index contributed by atoms with van der Waals surface area (Å²) in [6.45, 7) is 2.62. The van der Waals surface area contributed by atoms with E-state index >= 15 is 0 Å². The van der Waals surface area contributed by atoms with Crippen molar-refractivity contribution < 1.29 is 14.6 Å². The van der Waals surface area contributed by atoms with E-state index in [0.29, 0.717) is 24.8 Å². The molecule has 1 N–H and O–H groups in total. The topological polar surface area (TPSA) is 75.6 Å². The fourth-order valence-corrected chi connectivity index (χ4v) is 2.10. The van der Waals surface area contributed by atoms with Gasteiger partial charge in [-0.2, -0.15) is 0 Å². The Hall–Kier alpha value is -1.65. The summed E-state index contributed by atoms with van der Waals surface area (Å²) in [4.78, 5) is 12.6. The van der Waals surface area contributed by atoms with Gasteiger partial charge in [0.25, 0.3) is 0 Å². The predicted octanol–water partition coefficient (Wildman–Crippen LogP) is 0.845. The van der Waals surface area contributed by atoms with E-state index in [1.165, 1.54) is 11.3 Å². The lowest BCUT2D eigenvalue weighted by atomic mass is 10.2. The number of hydrogen-bond donors (Lipinski definition) is 1. The molecule has 0 saturated carbocycles. The van der Waals surface area contributed by atoms with Gasteiger partial charge in [-0.3, -0.25) is 4.79 Å². The summed E-state index contributed by atoms with van der Waals surface area (Å²) in [6, 6.07) is 0. The zero-order valence-electron chi connectivity index (χ0n) is 10.3. The summed E-state index contributed by atoms with van der Waals surface area (Å²) < 4.78 is 4.96. The highest BCUT2D eigenvalue weighted by atomic mass is 32.1. The van der Waals surface area contributed by atoms with E-state index in [2.05, 4.69) is 16.1 Å². The second kappa shape index (κ2) is 6.93. The lowest BCUT2D eigenvalue weighted by Crippen LogP contribution is -2.32. The van der Waals surface area contributed by atoms with Crippen molar-refractivity contribution in [2.45, 2.75) is 13.5 Å². The van der Waals surface area contributed by atoms with Crippen LogP contribution in [-0.4, -0.2) is 41.5 Å². The molecule has 0 saturated heterocycles. The third-order valence-corrected chi connectivity index (χ3v) is 3.15. The van der Waals surface area contributed by atoms with Gasteiger partial charge >= 0.3 is 5.97 Å². The summed E-state index contributed by atoms with van der Waals surface area (Å²) in [5.41, 5.74) is 0. The monoisotopic (exact) mass is 269 g/mol. The van der Waals surface area contributed by atoms with E-state index in [1.807, 2.05) is 0 Å². The molecule has 0 radical (unpaired) electrons. The van der Waals surface area contributed by atoms with Crippen LogP contribution < -0.4 is 4.90 Å². The predicted molar refractivity (Wildman–Crippen MR) is 68.5 cm³/mol. The molecule has 1 atom stereocenters. The molecule has 1 aromatic rings. The SMILES string of the molecule is C#CCN(CC(C)C(=O)O)c1nnc(COC)s1. The van der Waals surface area contributed by atoms with Gasteiger partial charge in [-0.1, -0.05) is 24.2 Å². The van der Waals surface area contributed by atoms with Crippen LogP contribution >= 0.6 is 11.3 Å². The maximum absolute atomic E-state index is 10.8. The molecule has 18 heavy (non-hydrogen) atoms. The maximum atomic E-state index is 10.8. The highest BCUT2D eigenvalue weighted by molar-refractivity contribution is 7.15. The standard InChI is InChI=1S/C11H15N3O3S/c1-4-5-14(6-8(2)10(15)16)11-13-12-9(18-11)7-17-3/h1,8H,5-7H2,2-3H3,(H,15,16). The minimum Gasteiger partial charge on any atom is -0.481 e. The first-order valence-electron chi connectivity index (χ1n) is 5.31. The quantitative estimate of drug-likeness (QED) is 0.739. The number of nitrogens with zero attached hydrogens (tertiary/aromatic N) is 3. The molecule has 0 spiro atoms. The van der Waals surface area contributed by atoms with Crippen molar-refractivity contribution in [3.05, 3.63) is 5.01 Å². The number of terminal acetylenes is 1. The Morgan fingerprint density at radius 2 is 2.39 bits per heavy atom. The van der Waals surface area contributed by atoms with Crippen molar-refractivity contribution in [1.82, 2.24) is 10.2 Å². The number of anilines is 1. The number of carbonyl (C=O) groups is 1. The van der Waals surface area contributed by atoms with E-state index in [-0.39, 0.29) is 0 Å². The van der Waals surface area contributed by atoms with Crippen molar-refractivity contribution >= 4 is 22.4 Å². The summed E-state index contributed by atoms with van der Waals surface area (Å²) in [5.74, 6) is 1.11. The van der Waals surface area contributed by atoms with Gasteiger partial charge < -0.3 is 14.7 Å². The normalized spacial score (nSPS) is 11.8. The summed E-state index contributed by atoms with van der Waals surface area (Å²) in [7, 11) is 1.58. The number of ether oxygens (including phenoxy) is 1. The van der Waals surface area contributed by atoms with Gasteiger partial charge in [0.2, 0.25) is 5.13 Å². The van der Waals surface area contributed by atoms with E-state index in [0.717, 1.165) is 5.01 Å². The fraction of sp³-hybridized carbons (Fsp3) is 0.545. The van der Waals surface area contributed by atoms with Crippen LogP contribution in [0.2, 0.25) is 0 Å². The van der Waals surface area contributed by atoms with Crippen LogP contribution in [0.3, 0.4) is 0 Å². The van der Waals surface area contributed by atoms with Gasteiger partial charge in [0, 0.05) is 13.7 Å². The lowest BCUT2D eigenvalue weighted by Gasteiger charge is -2.20. The van der Waals surface area contributed by atoms with E-state index in [4.69, 9.17) is 16.3 Å². The molecule has 1 unspecified atom stereocenters. The first-order chi connectivity index (χ1) is 8.58. The van der Waals surface area contributed by atoms with Crippen molar-refractivity contribution in [2.75, 3.05) is 25.1 Å². The lowest BCUT2D eigenvalue weighted by molar-refractivity contribution is -0.140. The number of carboxylic acids is 1. The van der Waals surface area contributed by atoms with Crippen molar-refractivity contribution in [2.24, 2.45) is 5.92 Å². The average molecular weight is 269 g/mol. The smallest absolute Gasteiger partial charge is 0.308 e. The number of carboxylic acid groups (broad SMARTS) is 1. The van der Waals surface area contributed by atoms with Gasteiger partial charge in [0.1, 0.15) is 11.6 Å². The maximum Gasteiger partial charge on any atom is 0.308 e. The van der Waals surface area contributed by atoms with Gasteiger partial charge in [0.05, 0.1) is 12.5 Å². The third kappa shape index (κ3) is 3.98. The van der Waals surface area contributed by atoms with Gasteiger partial charge in [-0.15, -0.1) is 16.6 Å². The minimum atomic E-state index is -0.862. The molecular formula is C11H15N3O3S. The van der Waals surface area contributed by atoms with Crippen LogP contribution in [-0.2, 0) is 16.1 Å². The molecule has 0 fully saturated rings.